The monoisotopic (exact) mass is 310 g/mol. The van der Waals surface area contributed by atoms with Gasteiger partial charge in [0.25, 0.3) is 0 Å². The van der Waals surface area contributed by atoms with E-state index >= 15 is 0 Å². The van der Waals surface area contributed by atoms with Crippen molar-refractivity contribution in [2.45, 2.75) is 0 Å². The molecule has 0 aliphatic heterocycles. The Hall–Kier alpha value is 3.12. The molecule has 6 heteroatoms. The molecular formula is H4AlCoLaLiNiO. The predicted molar refractivity (Wildman–Crippen MR) is 17.8 cm³/mol. The van der Waals surface area contributed by atoms with Crippen LogP contribution in [0.25, 0.3) is 0 Å². The van der Waals surface area contributed by atoms with Crippen molar-refractivity contribution >= 4 is 36.2 Å². The molecule has 0 rings (SSSR count). The zero-order chi connectivity index (χ0) is 2.00. The van der Waals surface area contributed by atoms with Crippen LogP contribution in [0.3, 0.4) is 0 Å². The minimum absolute atomic E-state index is 0. The fourth-order valence-electron chi connectivity index (χ4n) is 0. The summed E-state index contributed by atoms with van der Waals surface area (Å²) in [5.74, 6) is 0. The van der Waals surface area contributed by atoms with Gasteiger partial charge < -0.3 is 0 Å². The zero-order valence-corrected chi connectivity index (χ0v) is 7.29. The summed E-state index contributed by atoms with van der Waals surface area (Å²) in [5.41, 5.74) is 0. The second kappa shape index (κ2) is 42.2. The van der Waals surface area contributed by atoms with Gasteiger partial charge in [-0.15, -0.1) is 0 Å². The van der Waals surface area contributed by atoms with Gasteiger partial charge in [0.1, 0.15) is 0 Å². The van der Waals surface area contributed by atoms with E-state index in [0.29, 0.717) is 0 Å². The Balaban J connectivity index is -0.000000000833. The molecule has 0 aliphatic carbocycles. The van der Waals surface area contributed by atoms with Crippen LogP contribution in [0.5, 0.6) is 0 Å². The summed E-state index contributed by atoms with van der Waals surface area (Å²) in [6.07, 6.45) is 0. The van der Waals surface area contributed by atoms with Crippen LogP contribution in [0.1, 0.15) is 0 Å². The summed E-state index contributed by atoms with van der Waals surface area (Å²) in [6.45, 7) is 0. The van der Waals surface area contributed by atoms with E-state index < -0.39 is 0 Å². The fourth-order valence-corrected chi connectivity index (χ4v) is 0. The van der Waals surface area contributed by atoms with E-state index in [1.54, 1.807) is 0 Å². The molecule has 0 aromatic rings. The van der Waals surface area contributed by atoms with Gasteiger partial charge in [-0.25, -0.2) is 0 Å². The molecule has 0 heterocycles. The quantitative estimate of drug-likeness (QED) is 0.475. The number of hydrogen-bond donors (Lipinski definition) is 0. The van der Waals surface area contributed by atoms with Crippen LogP contribution in [0.4, 0.5) is 0 Å². The molecule has 0 bridgehead atoms. The Morgan fingerprint density at radius 2 is 1.17 bits per heavy atom. The topological polar surface area (TPSA) is 17.1 Å². The van der Waals surface area contributed by atoms with Crippen LogP contribution >= 0.6 is 0 Å². The molecule has 6 heavy (non-hydrogen) atoms. The fraction of sp³-hybridized carbons (Fsp3) is 0. The van der Waals surface area contributed by atoms with Crippen molar-refractivity contribution in [2.75, 3.05) is 0 Å². The third-order valence-electron chi connectivity index (χ3n) is 0. The maximum absolute atomic E-state index is 8.42. The van der Waals surface area contributed by atoms with Crippen molar-refractivity contribution in [2.24, 2.45) is 0 Å². The first kappa shape index (κ1) is 35.4. The Bertz CT molecular complexity index is 15.5. The van der Waals surface area contributed by atoms with Gasteiger partial charge in [0, 0.05) is 33.3 Å². The molecule has 0 spiro atoms. The van der Waals surface area contributed by atoms with Crippen molar-refractivity contribution in [3.8, 4) is 0 Å². The van der Waals surface area contributed by atoms with Gasteiger partial charge in [-0.3, -0.25) is 0 Å². The van der Waals surface area contributed by atoms with E-state index in [4.69, 9.17) is 1.70 Å². The summed E-state index contributed by atoms with van der Waals surface area (Å²) in [4.78, 5) is 0. The van der Waals surface area contributed by atoms with Crippen molar-refractivity contribution in [1.29, 1.82) is 0 Å². The average Bonchev–Trinajstić information content (AvgIpc) is 1.00. The van der Waals surface area contributed by atoms with Gasteiger partial charge in [0.05, 0.1) is 0 Å². The van der Waals surface area contributed by atoms with Gasteiger partial charge >= 0.3 is 54.4 Å². The van der Waals surface area contributed by atoms with Crippen LogP contribution in [0, 0.1) is 33.8 Å². The molecule has 0 aromatic carbocycles. The molecule has 0 amide bonds. The van der Waals surface area contributed by atoms with E-state index in [0.717, 1.165) is 0 Å². The molecule has 1 nitrogen and oxygen atoms in total. The van der Waals surface area contributed by atoms with Gasteiger partial charge in [0.2, 0.25) is 0 Å². The molecule has 0 N–H and O–H groups in total. The third kappa shape index (κ3) is 27.4. The summed E-state index contributed by atoms with van der Waals surface area (Å²) >= 11 is -0.0833. The first-order valence-electron chi connectivity index (χ1n) is 0.236. The van der Waals surface area contributed by atoms with Crippen molar-refractivity contribution < 1.29 is 68.8 Å². The summed E-state index contributed by atoms with van der Waals surface area (Å²) < 4.78 is 8.42. The molecule has 0 unspecified atom stereocenters. The Kier molecular flexibility index (Phi) is 249. The summed E-state index contributed by atoms with van der Waals surface area (Å²) in [5, 5.41) is 0. The summed E-state index contributed by atoms with van der Waals surface area (Å²) in [6, 6.07) is 0. The number of rotatable bonds is 0. The zero-order valence-electron chi connectivity index (χ0n) is 1.64. The Morgan fingerprint density at radius 3 is 1.17 bits per heavy atom. The average molecular weight is 310 g/mol. The third-order valence-corrected chi connectivity index (χ3v) is 0. The first-order valence-corrected chi connectivity index (χ1v) is 1.72. The second-order valence-corrected chi connectivity index (χ2v) is 0. The van der Waals surface area contributed by atoms with E-state index in [-0.39, 0.29) is 103 Å². The molecule has 36 valence electrons. The standard InChI is InChI=1S/Al.Co.La.Li.Ni.O.4H. The van der Waals surface area contributed by atoms with E-state index in [1.807, 2.05) is 0 Å². The maximum atomic E-state index is 8.42. The van der Waals surface area contributed by atoms with Gasteiger partial charge in [-0.2, -0.15) is 0 Å². The van der Waals surface area contributed by atoms with Crippen LogP contribution in [0.2, 0.25) is 0 Å². The van der Waals surface area contributed by atoms with Crippen molar-refractivity contribution in [3.63, 3.8) is 0 Å². The van der Waals surface area contributed by atoms with Gasteiger partial charge in [-0.05, 0) is 0 Å². The van der Waals surface area contributed by atoms with E-state index in [1.165, 1.54) is 0 Å². The minimum atomic E-state index is -0.0833. The van der Waals surface area contributed by atoms with Crippen LogP contribution in [-0.4, -0.2) is 36.2 Å². The van der Waals surface area contributed by atoms with Crippen LogP contribution in [0.15, 0.2) is 0 Å². The molecule has 0 aliphatic rings. The van der Waals surface area contributed by atoms with Crippen LogP contribution in [-0.2, 0) is 35.0 Å². The van der Waals surface area contributed by atoms with Crippen molar-refractivity contribution in [3.05, 3.63) is 0 Å². The van der Waals surface area contributed by atoms with Crippen LogP contribution < -0.4 is 0 Å². The van der Waals surface area contributed by atoms with Gasteiger partial charge in [-0.1, -0.05) is 0 Å². The SMILES string of the molecule is [AlH3].[Co].[LiH].[Ni].[O]=[La]. The van der Waals surface area contributed by atoms with Gasteiger partial charge in [0.15, 0.2) is 17.4 Å². The normalized spacial score (nSPS) is 1.00. The van der Waals surface area contributed by atoms with Crippen molar-refractivity contribution in [1.82, 2.24) is 0 Å². The first-order chi connectivity index (χ1) is 1.00. The number of hydrogen-bond acceptors (Lipinski definition) is 1. The second-order valence-electron chi connectivity index (χ2n) is 0. The molecule has 0 aromatic heterocycles. The Labute approximate surface area is 103 Å². The molecule has 1 radical (unpaired) electrons. The molecule has 0 saturated carbocycles. The molecule has 0 saturated heterocycles. The summed E-state index contributed by atoms with van der Waals surface area (Å²) in [7, 11) is 0. The van der Waals surface area contributed by atoms with E-state index in [2.05, 4.69) is 0 Å². The molecule has 0 atom stereocenters. The predicted octanol–water partition coefficient (Wildman–Crippen LogP) is -1.96. The van der Waals surface area contributed by atoms with E-state index in [9.17, 15) is 0 Å². The Morgan fingerprint density at radius 1 is 1.17 bits per heavy atom. The molecular weight excluding hydrogens is 306 g/mol. The molecule has 0 fully saturated rings.